The maximum Gasteiger partial charge on any atom is 0.272 e. The Labute approximate surface area is 289 Å². The summed E-state index contributed by atoms with van der Waals surface area (Å²) in [6.45, 7) is 3.25. The van der Waals surface area contributed by atoms with Crippen molar-refractivity contribution in [3.8, 4) is 5.75 Å². The number of carbonyl (C=O) groups excluding carboxylic acids is 3. The number of likely N-dealkylation sites (N-methyl/N-ethyl adjacent to an activating group) is 1. The summed E-state index contributed by atoms with van der Waals surface area (Å²) in [4.78, 5) is 50.1. The summed E-state index contributed by atoms with van der Waals surface area (Å²) in [5.74, 6) is -0.565. The topological polar surface area (TPSA) is 123 Å². The van der Waals surface area contributed by atoms with Crippen molar-refractivity contribution in [1.29, 1.82) is 0 Å². The van der Waals surface area contributed by atoms with E-state index < -0.39 is 11.8 Å². The number of aryl methyl sites for hydroxylation is 1. The Morgan fingerprint density at radius 1 is 0.958 bits per heavy atom. The van der Waals surface area contributed by atoms with Crippen molar-refractivity contribution >= 4 is 63.6 Å². The van der Waals surface area contributed by atoms with E-state index in [1.807, 2.05) is 37.3 Å². The molecule has 4 aromatic rings. The zero-order chi connectivity index (χ0) is 34.6. The first-order valence-corrected chi connectivity index (χ1v) is 15.8. The van der Waals surface area contributed by atoms with E-state index in [-0.39, 0.29) is 29.8 Å². The molecular weight excluding hydrogens is 657 g/mol. The van der Waals surface area contributed by atoms with Crippen molar-refractivity contribution < 1.29 is 28.6 Å². The third-order valence-electron chi connectivity index (χ3n) is 7.36. The zero-order valence-electron chi connectivity index (χ0n) is 27.2. The van der Waals surface area contributed by atoms with Gasteiger partial charge in [-0.15, -0.1) is 0 Å². The fourth-order valence-electron chi connectivity index (χ4n) is 4.62. The molecule has 11 nitrogen and oxygen atoms in total. The monoisotopic (exact) mass is 693 g/mol. The summed E-state index contributed by atoms with van der Waals surface area (Å²) in [6, 6.07) is 16.1. The average Bonchev–Trinajstić information content (AvgIpc) is 3.09. The van der Waals surface area contributed by atoms with Gasteiger partial charge in [-0.05, 0) is 48.9 Å². The average molecular weight is 695 g/mol. The van der Waals surface area contributed by atoms with Crippen molar-refractivity contribution in [3.05, 3.63) is 99.4 Å². The van der Waals surface area contributed by atoms with Gasteiger partial charge in [0.25, 0.3) is 5.91 Å². The van der Waals surface area contributed by atoms with Crippen LogP contribution < -0.4 is 15.0 Å². The number of carbonyl (C=O) groups is 3. The molecule has 0 atom stereocenters. The van der Waals surface area contributed by atoms with Crippen LogP contribution in [-0.2, 0) is 25.7 Å². The van der Waals surface area contributed by atoms with Crippen LogP contribution in [0, 0.1) is 6.92 Å². The molecule has 13 heteroatoms. The summed E-state index contributed by atoms with van der Waals surface area (Å²) in [5, 5.41) is 4.15. The lowest BCUT2D eigenvalue weighted by Crippen LogP contribution is -2.37. The van der Waals surface area contributed by atoms with Gasteiger partial charge in [0, 0.05) is 68.3 Å². The number of aromatic nitrogens is 2. The molecule has 3 amide bonds. The van der Waals surface area contributed by atoms with Crippen LogP contribution in [0.2, 0.25) is 10.0 Å². The highest BCUT2D eigenvalue weighted by Gasteiger charge is 2.20. The molecule has 0 spiro atoms. The number of para-hydroxylation sites is 1. The van der Waals surface area contributed by atoms with E-state index in [9.17, 15) is 14.4 Å². The number of benzene rings is 2. The van der Waals surface area contributed by atoms with Gasteiger partial charge in [-0.25, -0.2) is 4.98 Å². The summed E-state index contributed by atoms with van der Waals surface area (Å²) >= 11 is 13.2. The highest BCUT2D eigenvalue weighted by atomic mass is 35.5. The van der Waals surface area contributed by atoms with Gasteiger partial charge in [-0.1, -0.05) is 47.5 Å². The molecule has 0 aliphatic carbocycles. The number of methoxy groups -OCH3 is 2. The van der Waals surface area contributed by atoms with E-state index in [0.29, 0.717) is 53.9 Å². The molecule has 0 fully saturated rings. The van der Waals surface area contributed by atoms with Crippen molar-refractivity contribution in [2.45, 2.75) is 13.5 Å². The van der Waals surface area contributed by atoms with Gasteiger partial charge >= 0.3 is 0 Å². The van der Waals surface area contributed by atoms with E-state index in [1.165, 1.54) is 23.2 Å². The van der Waals surface area contributed by atoms with Gasteiger partial charge < -0.3 is 29.3 Å². The number of nitrogens with zero attached hydrogens (tertiary/aromatic N) is 4. The number of ether oxygens (including phenoxy) is 3. The summed E-state index contributed by atoms with van der Waals surface area (Å²) < 4.78 is 16.3. The van der Waals surface area contributed by atoms with Gasteiger partial charge in [0.05, 0.1) is 30.5 Å². The maximum atomic E-state index is 13.0. The molecule has 0 saturated heterocycles. The number of nitrogens with one attached hydrogen (secondary N) is 1. The van der Waals surface area contributed by atoms with Gasteiger partial charge in [0.2, 0.25) is 11.8 Å². The Hall–Kier alpha value is -4.55. The predicted octanol–water partition coefficient (Wildman–Crippen LogP) is 5.35. The SMILES string of the molecule is COCCN(CCOC)C(=O)c1ccc(C=CC(=O)NCC(=O)N(C)c2ccc(Cl)c(COc3cccc4ccc(C)nc34)c2Cl)cn1. The number of anilines is 1. The second-order valence-electron chi connectivity index (χ2n) is 10.7. The summed E-state index contributed by atoms with van der Waals surface area (Å²) in [6.07, 6.45) is 4.31. The van der Waals surface area contributed by atoms with Gasteiger partial charge in [-0.3, -0.25) is 19.4 Å². The fourth-order valence-corrected chi connectivity index (χ4v) is 5.22. The third kappa shape index (κ3) is 9.51. The highest BCUT2D eigenvalue weighted by Crippen LogP contribution is 2.35. The number of fused-ring (bicyclic) bond motifs is 1. The van der Waals surface area contributed by atoms with Crippen LogP contribution in [0.1, 0.15) is 27.3 Å². The Kier molecular flexibility index (Phi) is 13.3. The lowest BCUT2D eigenvalue weighted by molar-refractivity contribution is -0.122. The van der Waals surface area contributed by atoms with Crippen LogP contribution in [0.4, 0.5) is 5.69 Å². The molecule has 1 N–H and O–H groups in total. The lowest BCUT2D eigenvalue weighted by Gasteiger charge is -2.21. The van der Waals surface area contributed by atoms with Gasteiger partial charge in [0.1, 0.15) is 23.6 Å². The Morgan fingerprint density at radius 3 is 2.40 bits per heavy atom. The number of hydrogen-bond donors (Lipinski definition) is 1. The molecule has 0 radical (unpaired) electrons. The van der Waals surface area contributed by atoms with Gasteiger partial charge in [0.15, 0.2) is 0 Å². The smallest absolute Gasteiger partial charge is 0.272 e. The van der Waals surface area contributed by atoms with E-state index in [4.69, 9.17) is 37.4 Å². The van der Waals surface area contributed by atoms with Crippen LogP contribution in [0.15, 0.2) is 66.9 Å². The van der Waals surface area contributed by atoms with E-state index in [2.05, 4.69) is 15.3 Å². The van der Waals surface area contributed by atoms with Gasteiger partial charge in [-0.2, -0.15) is 0 Å². The molecule has 2 aromatic heterocycles. The normalized spacial score (nSPS) is 11.1. The second kappa shape index (κ2) is 17.6. The first-order chi connectivity index (χ1) is 23.1. The molecule has 0 unspecified atom stereocenters. The largest absolute Gasteiger partial charge is 0.487 e. The fraction of sp³-hybridized carbons (Fsp3) is 0.286. The van der Waals surface area contributed by atoms with E-state index >= 15 is 0 Å². The molecule has 48 heavy (non-hydrogen) atoms. The highest BCUT2D eigenvalue weighted by molar-refractivity contribution is 6.38. The Morgan fingerprint density at radius 2 is 1.71 bits per heavy atom. The number of amides is 3. The minimum atomic E-state index is -0.488. The molecule has 2 heterocycles. The first-order valence-electron chi connectivity index (χ1n) is 15.0. The number of rotatable bonds is 15. The predicted molar refractivity (Wildman–Crippen MR) is 187 cm³/mol. The zero-order valence-corrected chi connectivity index (χ0v) is 28.7. The number of pyridine rings is 2. The van der Waals surface area contributed by atoms with Crippen molar-refractivity contribution in [3.63, 3.8) is 0 Å². The third-order valence-corrected chi connectivity index (χ3v) is 8.14. The minimum Gasteiger partial charge on any atom is -0.487 e. The van der Waals surface area contributed by atoms with Crippen LogP contribution in [0.3, 0.4) is 0 Å². The van der Waals surface area contributed by atoms with Crippen LogP contribution in [-0.4, -0.2) is 86.7 Å². The molecule has 4 rings (SSSR count). The van der Waals surface area contributed by atoms with Crippen molar-refractivity contribution in [2.75, 3.05) is 59.0 Å². The van der Waals surface area contributed by atoms with Crippen molar-refractivity contribution in [2.24, 2.45) is 0 Å². The van der Waals surface area contributed by atoms with Crippen LogP contribution in [0.5, 0.6) is 5.75 Å². The minimum absolute atomic E-state index is 0.0493. The summed E-state index contributed by atoms with van der Waals surface area (Å²) in [5.41, 5.74) is 3.35. The lowest BCUT2D eigenvalue weighted by atomic mass is 10.1. The summed E-state index contributed by atoms with van der Waals surface area (Å²) in [7, 11) is 4.69. The molecule has 0 aliphatic heterocycles. The molecule has 252 valence electrons. The van der Waals surface area contributed by atoms with E-state index in [0.717, 1.165) is 16.6 Å². The number of halogens is 2. The van der Waals surface area contributed by atoms with Crippen LogP contribution in [0.25, 0.3) is 17.0 Å². The molecule has 0 saturated carbocycles. The van der Waals surface area contributed by atoms with Crippen molar-refractivity contribution in [1.82, 2.24) is 20.2 Å². The number of hydrogen-bond acceptors (Lipinski definition) is 8. The van der Waals surface area contributed by atoms with Crippen LogP contribution >= 0.6 is 23.2 Å². The molecule has 2 aromatic carbocycles. The second-order valence-corrected chi connectivity index (χ2v) is 11.5. The maximum absolute atomic E-state index is 13.0. The standard InChI is InChI=1S/C35H37Cl2N5O6/c1-23-8-11-25-6-5-7-30(34(25)40-23)48-22-26-27(36)12-14-29(33(26)37)41(2)32(44)21-39-31(43)15-10-24-9-13-28(38-20-24)35(45)42(16-18-46-3)17-19-47-4/h5-15,20H,16-19,21-22H2,1-4H3,(H,39,43). The van der Waals surface area contributed by atoms with E-state index in [1.54, 1.807) is 50.4 Å². The Balaban J connectivity index is 1.34. The first kappa shape index (κ1) is 36.3. The quantitative estimate of drug-likeness (QED) is 0.165. The Bertz CT molecular complexity index is 1780. The molecular formula is C35H37Cl2N5O6. The molecule has 0 bridgehead atoms. The molecule has 0 aliphatic rings.